The number of amides is 1. The van der Waals surface area contributed by atoms with Crippen molar-refractivity contribution in [2.24, 2.45) is 5.92 Å². The van der Waals surface area contributed by atoms with Gasteiger partial charge < -0.3 is 10.0 Å². The van der Waals surface area contributed by atoms with Crippen LogP contribution >= 0.6 is 12.6 Å². The zero-order chi connectivity index (χ0) is 14.9. The largest absolute Gasteiger partial charge is 0.478 e. The molecule has 7 nitrogen and oxygen atoms in total. The van der Waals surface area contributed by atoms with Gasteiger partial charge in [0.1, 0.15) is 5.69 Å². The zero-order valence-electron chi connectivity index (χ0n) is 10.4. The summed E-state index contributed by atoms with van der Waals surface area (Å²) >= 11 is 4.13. The van der Waals surface area contributed by atoms with Crippen molar-refractivity contribution in [3.05, 3.63) is 33.9 Å². The Hall–Kier alpha value is -2.09. The number of nitrogens with zero attached hydrogens (tertiary/aromatic N) is 2. The second kappa shape index (κ2) is 5.49. The first-order valence-electron chi connectivity index (χ1n) is 5.87. The summed E-state index contributed by atoms with van der Waals surface area (Å²) in [6, 6.07) is 3.53. The Kier molecular flexibility index (Phi) is 3.93. The summed E-state index contributed by atoms with van der Waals surface area (Å²) in [5, 5.41) is 19.9. The molecular formula is C12H12N2O5S. The van der Waals surface area contributed by atoms with Crippen LogP contribution in [0.1, 0.15) is 16.8 Å². The van der Waals surface area contributed by atoms with Gasteiger partial charge in [-0.05, 0) is 23.8 Å². The zero-order valence-corrected chi connectivity index (χ0v) is 11.2. The first kappa shape index (κ1) is 14.3. The molecule has 0 radical (unpaired) electrons. The summed E-state index contributed by atoms with van der Waals surface area (Å²) in [7, 11) is 0. The average molecular weight is 296 g/mol. The fourth-order valence-electron chi connectivity index (χ4n) is 2.17. The average Bonchev–Trinajstić information content (AvgIpc) is 2.79. The second-order valence-electron chi connectivity index (χ2n) is 4.52. The maximum atomic E-state index is 11.9. The van der Waals surface area contributed by atoms with E-state index in [1.807, 2.05) is 0 Å². The van der Waals surface area contributed by atoms with E-state index in [2.05, 4.69) is 12.6 Å². The van der Waals surface area contributed by atoms with E-state index in [4.69, 9.17) is 5.11 Å². The van der Waals surface area contributed by atoms with Crippen LogP contribution < -0.4 is 4.90 Å². The van der Waals surface area contributed by atoms with Gasteiger partial charge in [-0.3, -0.25) is 14.9 Å². The SMILES string of the molecule is O=C(O)c1ccc(N2CC(CS)CC2=O)c([N+](=O)[O-])c1. The highest BCUT2D eigenvalue weighted by atomic mass is 32.1. The Balaban J connectivity index is 2.44. The number of hydrogen-bond donors (Lipinski definition) is 2. The molecule has 1 saturated heterocycles. The fraction of sp³-hybridized carbons (Fsp3) is 0.333. The van der Waals surface area contributed by atoms with Crippen molar-refractivity contribution in [3.63, 3.8) is 0 Å². The van der Waals surface area contributed by atoms with Crippen LogP contribution in [0.5, 0.6) is 0 Å². The highest BCUT2D eigenvalue weighted by Gasteiger charge is 2.33. The van der Waals surface area contributed by atoms with E-state index in [1.54, 1.807) is 0 Å². The number of aromatic carboxylic acids is 1. The summed E-state index contributed by atoms with van der Waals surface area (Å²) in [5.41, 5.74) is -0.426. The smallest absolute Gasteiger partial charge is 0.335 e. The Morgan fingerprint density at radius 1 is 1.55 bits per heavy atom. The molecule has 1 aromatic rings. The van der Waals surface area contributed by atoms with Crippen molar-refractivity contribution in [1.82, 2.24) is 0 Å². The molecule has 0 spiro atoms. The molecule has 0 bridgehead atoms. The Labute approximate surface area is 119 Å². The van der Waals surface area contributed by atoms with E-state index in [0.29, 0.717) is 18.7 Å². The molecular weight excluding hydrogens is 284 g/mol. The second-order valence-corrected chi connectivity index (χ2v) is 4.89. The molecule has 1 aliphatic rings. The van der Waals surface area contributed by atoms with Gasteiger partial charge in [-0.2, -0.15) is 12.6 Å². The van der Waals surface area contributed by atoms with E-state index < -0.39 is 10.9 Å². The standard InChI is InChI=1S/C12H12N2O5S/c15-11-3-7(6-20)5-13(11)9-2-1-8(12(16)17)4-10(9)14(18)19/h1-2,4,7,20H,3,5-6H2,(H,16,17). The summed E-state index contributed by atoms with van der Waals surface area (Å²) in [5.74, 6) is -0.899. The third-order valence-electron chi connectivity index (χ3n) is 3.17. The summed E-state index contributed by atoms with van der Waals surface area (Å²) < 4.78 is 0. The van der Waals surface area contributed by atoms with Crippen LogP contribution in [-0.4, -0.2) is 34.2 Å². The molecule has 1 aliphatic heterocycles. The van der Waals surface area contributed by atoms with E-state index in [-0.39, 0.29) is 28.8 Å². The van der Waals surface area contributed by atoms with Crippen molar-refractivity contribution in [3.8, 4) is 0 Å². The molecule has 1 atom stereocenters. The van der Waals surface area contributed by atoms with Gasteiger partial charge in [-0.25, -0.2) is 4.79 Å². The molecule has 1 aromatic carbocycles. The number of thiol groups is 1. The number of carboxylic acids is 1. The van der Waals surface area contributed by atoms with Crippen molar-refractivity contribution >= 4 is 35.9 Å². The van der Waals surface area contributed by atoms with Crippen LogP contribution in [0, 0.1) is 16.0 Å². The quantitative estimate of drug-likeness (QED) is 0.499. The van der Waals surface area contributed by atoms with Crippen LogP contribution in [0.2, 0.25) is 0 Å². The van der Waals surface area contributed by atoms with Crippen LogP contribution in [0.4, 0.5) is 11.4 Å². The minimum absolute atomic E-state index is 0.0459. The number of carbonyl (C=O) groups is 2. The monoisotopic (exact) mass is 296 g/mol. The van der Waals surface area contributed by atoms with Crippen molar-refractivity contribution in [2.45, 2.75) is 6.42 Å². The van der Waals surface area contributed by atoms with Gasteiger partial charge in [0.25, 0.3) is 5.69 Å². The third kappa shape index (κ3) is 2.60. The van der Waals surface area contributed by atoms with E-state index in [9.17, 15) is 19.7 Å². The molecule has 106 valence electrons. The molecule has 1 amide bonds. The molecule has 2 rings (SSSR count). The lowest BCUT2D eigenvalue weighted by molar-refractivity contribution is -0.384. The maximum Gasteiger partial charge on any atom is 0.335 e. The Morgan fingerprint density at radius 3 is 2.75 bits per heavy atom. The van der Waals surface area contributed by atoms with Crippen molar-refractivity contribution in [1.29, 1.82) is 0 Å². The molecule has 1 heterocycles. The summed E-state index contributed by atoms with van der Waals surface area (Å²) in [6.45, 7) is 0.357. The third-order valence-corrected chi connectivity index (χ3v) is 3.69. The number of carbonyl (C=O) groups excluding carboxylic acids is 1. The van der Waals surface area contributed by atoms with Gasteiger partial charge in [-0.15, -0.1) is 0 Å². The first-order chi connectivity index (χ1) is 9.43. The highest BCUT2D eigenvalue weighted by molar-refractivity contribution is 7.80. The van der Waals surface area contributed by atoms with E-state index in [1.165, 1.54) is 17.0 Å². The van der Waals surface area contributed by atoms with Crippen LogP contribution in [0.15, 0.2) is 18.2 Å². The number of benzene rings is 1. The lowest BCUT2D eigenvalue weighted by Crippen LogP contribution is -2.25. The van der Waals surface area contributed by atoms with Gasteiger partial charge in [0.15, 0.2) is 0 Å². The molecule has 0 aliphatic carbocycles. The Morgan fingerprint density at radius 2 is 2.25 bits per heavy atom. The predicted molar refractivity (Wildman–Crippen MR) is 74.4 cm³/mol. The Bertz CT molecular complexity index is 589. The number of carboxylic acid groups (broad SMARTS) is 1. The molecule has 1 fully saturated rings. The lowest BCUT2D eigenvalue weighted by atomic mass is 10.1. The van der Waals surface area contributed by atoms with Crippen LogP contribution in [-0.2, 0) is 4.79 Å². The van der Waals surface area contributed by atoms with Crippen LogP contribution in [0.3, 0.4) is 0 Å². The van der Waals surface area contributed by atoms with Crippen molar-refractivity contribution in [2.75, 3.05) is 17.2 Å². The highest BCUT2D eigenvalue weighted by Crippen LogP contribution is 2.33. The molecule has 0 aromatic heterocycles. The van der Waals surface area contributed by atoms with E-state index in [0.717, 1.165) is 6.07 Å². The summed E-state index contributed by atoms with van der Waals surface area (Å²) in [6.07, 6.45) is 0.293. The number of nitro groups is 1. The number of nitro benzene ring substituents is 1. The maximum absolute atomic E-state index is 11.9. The van der Waals surface area contributed by atoms with Gasteiger partial charge in [0, 0.05) is 19.0 Å². The number of hydrogen-bond acceptors (Lipinski definition) is 5. The van der Waals surface area contributed by atoms with Gasteiger partial charge in [0.05, 0.1) is 10.5 Å². The fourth-order valence-corrected chi connectivity index (χ4v) is 2.41. The van der Waals surface area contributed by atoms with Crippen molar-refractivity contribution < 1.29 is 19.6 Å². The van der Waals surface area contributed by atoms with Gasteiger partial charge in [-0.1, -0.05) is 0 Å². The molecule has 0 saturated carbocycles. The first-order valence-corrected chi connectivity index (χ1v) is 6.50. The van der Waals surface area contributed by atoms with Gasteiger partial charge in [0.2, 0.25) is 5.91 Å². The normalized spacial score (nSPS) is 18.4. The molecule has 20 heavy (non-hydrogen) atoms. The topological polar surface area (TPSA) is 101 Å². The predicted octanol–water partition coefficient (Wildman–Crippen LogP) is 1.58. The van der Waals surface area contributed by atoms with Gasteiger partial charge >= 0.3 is 5.97 Å². The number of rotatable bonds is 4. The minimum Gasteiger partial charge on any atom is -0.478 e. The number of anilines is 1. The molecule has 8 heteroatoms. The molecule has 1 unspecified atom stereocenters. The van der Waals surface area contributed by atoms with Crippen LogP contribution in [0.25, 0.3) is 0 Å². The molecule has 1 N–H and O–H groups in total. The van der Waals surface area contributed by atoms with E-state index >= 15 is 0 Å². The summed E-state index contributed by atoms with van der Waals surface area (Å²) in [4.78, 5) is 34.5. The lowest BCUT2D eigenvalue weighted by Gasteiger charge is -2.16. The minimum atomic E-state index is -1.25.